The maximum Gasteiger partial charge on any atom is 0.419 e. The SMILES string of the molecule is C=S(=O)(c1ccc(-c2cn(C(=O)OC(C)(C)C)c3cc(F)ccc23)cn1)N(C)CCNC. The van der Waals surface area contributed by atoms with E-state index in [2.05, 4.69) is 16.2 Å². The van der Waals surface area contributed by atoms with E-state index in [0.29, 0.717) is 40.1 Å². The Morgan fingerprint density at radius 2 is 2.03 bits per heavy atom. The molecule has 9 heteroatoms. The summed E-state index contributed by atoms with van der Waals surface area (Å²) in [6.07, 6.45) is 2.59. The van der Waals surface area contributed by atoms with Gasteiger partial charge in [0.05, 0.1) is 15.2 Å². The molecular weight excluding hydrogens is 431 g/mol. The van der Waals surface area contributed by atoms with Crippen LogP contribution in [0.3, 0.4) is 0 Å². The van der Waals surface area contributed by atoms with E-state index in [1.54, 1.807) is 62.7 Å². The van der Waals surface area contributed by atoms with Crippen LogP contribution in [0, 0.1) is 5.82 Å². The molecule has 2 aromatic heterocycles. The van der Waals surface area contributed by atoms with Crippen LogP contribution >= 0.6 is 0 Å². The first-order valence-corrected chi connectivity index (χ1v) is 11.9. The fraction of sp³-hybridized carbons (Fsp3) is 0.348. The molecule has 1 atom stereocenters. The topological polar surface area (TPSA) is 76.5 Å². The van der Waals surface area contributed by atoms with Gasteiger partial charge in [-0.3, -0.25) is 4.57 Å². The van der Waals surface area contributed by atoms with Crippen molar-refractivity contribution < 1.29 is 18.1 Å². The van der Waals surface area contributed by atoms with E-state index in [1.165, 1.54) is 16.7 Å². The number of hydrogen-bond donors (Lipinski definition) is 1. The van der Waals surface area contributed by atoms with Gasteiger partial charge in [-0.15, -0.1) is 0 Å². The van der Waals surface area contributed by atoms with E-state index in [0.717, 1.165) is 0 Å². The number of halogens is 1. The van der Waals surface area contributed by atoms with Gasteiger partial charge in [0.25, 0.3) is 0 Å². The van der Waals surface area contributed by atoms with Crippen molar-refractivity contribution in [3.63, 3.8) is 0 Å². The van der Waals surface area contributed by atoms with Crippen molar-refractivity contribution in [3.8, 4) is 11.1 Å². The average molecular weight is 461 g/mol. The minimum absolute atomic E-state index is 0.363. The molecule has 7 nitrogen and oxygen atoms in total. The molecule has 1 unspecified atom stereocenters. The first-order chi connectivity index (χ1) is 14.9. The van der Waals surface area contributed by atoms with Crippen LogP contribution in [0.4, 0.5) is 9.18 Å². The first-order valence-electron chi connectivity index (χ1n) is 10.2. The van der Waals surface area contributed by atoms with E-state index >= 15 is 0 Å². The monoisotopic (exact) mass is 460 g/mol. The molecule has 0 fully saturated rings. The number of aromatic nitrogens is 2. The molecular formula is C23H29FN4O3S. The van der Waals surface area contributed by atoms with E-state index in [1.807, 2.05) is 7.05 Å². The number of likely N-dealkylation sites (N-methyl/N-ethyl adjacent to an activating group) is 2. The minimum atomic E-state index is -2.73. The van der Waals surface area contributed by atoms with Crippen molar-refractivity contribution >= 4 is 32.6 Å². The van der Waals surface area contributed by atoms with Gasteiger partial charge in [-0.25, -0.2) is 22.7 Å². The fourth-order valence-corrected chi connectivity index (χ4v) is 4.40. The Hall–Kier alpha value is -2.75. The predicted molar refractivity (Wildman–Crippen MR) is 127 cm³/mol. The van der Waals surface area contributed by atoms with Gasteiger partial charge in [0, 0.05) is 42.0 Å². The second kappa shape index (κ2) is 9.01. The van der Waals surface area contributed by atoms with Crippen molar-refractivity contribution in [2.45, 2.75) is 31.4 Å². The highest BCUT2D eigenvalue weighted by atomic mass is 32.2. The lowest BCUT2D eigenvalue weighted by Gasteiger charge is -2.21. The highest BCUT2D eigenvalue weighted by molar-refractivity contribution is 7.98. The molecule has 0 radical (unpaired) electrons. The van der Waals surface area contributed by atoms with Crippen LogP contribution in [-0.2, 0) is 14.4 Å². The zero-order chi connectivity index (χ0) is 23.7. The summed E-state index contributed by atoms with van der Waals surface area (Å²) in [7, 11) is 0.833. The number of rotatable bonds is 6. The van der Waals surface area contributed by atoms with Gasteiger partial charge >= 0.3 is 6.09 Å². The third kappa shape index (κ3) is 5.01. The lowest BCUT2D eigenvalue weighted by molar-refractivity contribution is 0.0544. The second-order valence-corrected chi connectivity index (χ2v) is 10.9. The first kappa shape index (κ1) is 23.9. The molecule has 0 aliphatic carbocycles. The Morgan fingerprint density at radius 3 is 2.62 bits per heavy atom. The molecule has 0 bridgehead atoms. The third-order valence-electron chi connectivity index (χ3n) is 4.91. The Balaban J connectivity index is 2.02. The van der Waals surface area contributed by atoms with Crippen molar-refractivity contribution in [3.05, 3.63) is 48.5 Å². The van der Waals surface area contributed by atoms with Gasteiger partial charge in [-0.1, -0.05) is 0 Å². The van der Waals surface area contributed by atoms with Crippen LogP contribution < -0.4 is 5.32 Å². The van der Waals surface area contributed by atoms with Crippen molar-refractivity contribution in [2.24, 2.45) is 0 Å². The van der Waals surface area contributed by atoms with E-state index in [4.69, 9.17) is 4.74 Å². The molecule has 3 rings (SSSR count). The summed E-state index contributed by atoms with van der Waals surface area (Å²) >= 11 is 0. The summed E-state index contributed by atoms with van der Waals surface area (Å²) in [6.45, 7) is 6.53. The molecule has 172 valence electrons. The highest BCUT2D eigenvalue weighted by Crippen LogP contribution is 2.32. The fourth-order valence-electron chi connectivity index (χ4n) is 3.20. The van der Waals surface area contributed by atoms with Crippen molar-refractivity contribution in [1.82, 2.24) is 19.2 Å². The molecule has 0 saturated heterocycles. The number of nitrogens with one attached hydrogen (secondary N) is 1. The Labute approximate surface area is 188 Å². The molecule has 2 heterocycles. The number of fused-ring (bicyclic) bond motifs is 1. The smallest absolute Gasteiger partial charge is 0.419 e. The quantitative estimate of drug-likeness (QED) is 0.567. The summed E-state index contributed by atoms with van der Waals surface area (Å²) in [5.74, 6) is 3.42. The van der Waals surface area contributed by atoms with Crippen molar-refractivity contribution in [2.75, 3.05) is 27.2 Å². The van der Waals surface area contributed by atoms with Gasteiger partial charge < -0.3 is 10.1 Å². The van der Waals surface area contributed by atoms with Crippen LogP contribution in [0.2, 0.25) is 0 Å². The summed E-state index contributed by atoms with van der Waals surface area (Å²) in [6, 6.07) is 7.69. The molecule has 1 aromatic carbocycles. The van der Waals surface area contributed by atoms with Crippen LogP contribution in [0.25, 0.3) is 22.0 Å². The molecule has 0 aliphatic heterocycles. The van der Waals surface area contributed by atoms with Gasteiger partial charge in [-0.2, -0.15) is 0 Å². The molecule has 0 aliphatic rings. The second-order valence-electron chi connectivity index (χ2n) is 8.54. The third-order valence-corrected chi connectivity index (χ3v) is 7.00. The van der Waals surface area contributed by atoms with Crippen LogP contribution in [-0.4, -0.2) is 62.8 Å². The Kier molecular flexibility index (Phi) is 6.73. The average Bonchev–Trinajstić information content (AvgIpc) is 3.09. The minimum Gasteiger partial charge on any atom is -0.443 e. The standard InChI is InChI=1S/C23H29FN4O3S/c1-23(2,3)31-22(29)28-15-19(18-9-8-17(24)13-20(18)28)16-7-10-21(26-14-16)32(6,30)27(5)12-11-25-4/h7-10,13-15,25H,6,11-12H2,1-5H3. The molecule has 3 aromatic rings. The van der Waals surface area contributed by atoms with Gasteiger partial charge in [0.15, 0.2) is 0 Å². The lowest BCUT2D eigenvalue weighted by atomic mass is 10.1. The number of nitrogens with zero attached hydrogens (tertiary/aromatic N) is 3. The number of carbonyl (C=O) groups excluding carboxylic acids is 1. The Bertz CT molecular complexity index is 1230. The largest absolute Gasteiger partial charge is 0.443 e. The van der Waals surface area contributed by atoms with Crippen LogP contribution in [0.15, 0.2) is 47.8 Å². The molecule has 0 spiro atoms. The van der Waals surface area contributed by atoms with Crippen LogP contribution in [0.5, 0.6) is 0 Å². The van der Waals surface area contributed by atoms with Gasteiger partial charge in [-0.05, 0) is 71.1 Å². The predicted octanol–water partition coefficient (Wildman–Crippen LogP) is 3.77. The Morgan fingerprint density at radius 1 is 1.31 bits per heavy atom. The number of carbonyl (C=O) groups is 1. The van der Waals surface area contributed by atoms with Gasteiger partial charge in [0.2, 0.25) is 0 Å². The zero-order valence-electron chi connectivity index (χ0n) is 19.0. The lowest BCUT2D eigenvalue weighted by Crippen LogP contribution is -2.33. The highest BCUT2D eigenvalue weighted by Gasteiger charge is 2.22. The normalized spacial score (nSPS) is 14.0. The number of ether oxygens (including phenoxy) is 1. The molecule has 0 saturated carbocycles. The molecule has 1 N–H and O–H groups in total. The molecule has 32 heavy (non-hydrogen) atoms. The number of benzene rings is 1. The van der Waals surface area contributed by atoms with E-state index in [-0.39, 0.29) is 0 Å². The summed E-state index contributed by atoms with van der Waals surface area (Å²) in [4.78, 5) is 17.1. The summed E-state index contributed by atoms with van der Waals surface area (Å²) in [5.41, 5.74) is 1.08. The summed E-state index contributed by atoms with van der Waals surface area (Å²) in [5, 5.41) is 4.05. The zero-order valence-corrected chi connectivity index (χ0v) is 19.8. The van der Waals surface area contributed by atoms with E-state index in [9.17, 15) is 13.4 Å². The van der Waals surface area contributed by atoms with Gasteiger partial charge in [0.1, 0.15) is 16.4 Å². The van der Waals surface area contributed by atoms with E-state index < -0.39 is 27.2 Å². The maximum absolute atomic E-state index is 14.0. The summed E-state index contributed by atoms with van der Waals surface area (Å²) < 4.78 is 35.5. The number of pyridine rings is 1. The maximum atomic E-state index is 14.0. The van der Waals surface area contributed by atoms with Crippen LogP contribution in [0.1, 0.15) is 20.8 Å². The number of hydrogen-bond acceptors (Lipinski definition) is 5. The molecule has 0 amide bonds. The van der Waals surface area contributed by atoms with Crippen molar-refractivity contribution in [1.29, 1.82) is 0 Å².